The van der Waals surface area contributed by atoms with E-state index >= 15 is 0 Å². The van der Waals surface area contributed by atoms with Crippen LogP contribution in [-0.4, -0.2) is 23.1 Å². The quantitative estimate of drug-likeness (QED) is 0.375. The van der Waals surface area contributed by atoms with Crippen molar-refractivity contribution in [2.75, 3.05) is 11.6 Å². The van der Waals surface area contributed by atoms with E-state index in [0.29, 0.717) is 16.5 Å². The molecule has 7 heteroatoms. The third-order valence-corrected chi connectivity index (χ3v) is 3.01. The summed E-state index contributed by atoms with van der Waals surface area (Å²) in [7, 11) is 0. The average Bonchev–Trinajstić information content (AvgIpc) is 2.39. The number of nitrogens with zero attached hydrogens (tertiary/aromatic N) is 2. The SMILES string of the molecule is CSC(=Nc1ccc(NC(=O)OC(C)(C)C)c(C)c1)NC#N. The Morgan fingerprint density at radius 2 is 2.09 bits per heavy atom. The number of aliphatic imine (C=N–C) groups is 1. The number of carbonyl (C=O) groups excluding carboxylic acids is 1. The number of hydrogen-bond acceptors (Lipinski definition) is 5. The fourth-order valence-corrected chi connectivity index (χ4v) is 1.91. The second-order valence-corrected chi connectivity index (χ2v) is 6.28. The van der Waals surface area contributed by atoms with Crippen LogP contribution in [0.5, 0.6) is 0 Å². The molecule has 0 spiro atoms. The molecular formula is C15H20N4O2S. The monoisotopic (exact) mass is 320 g/mol. The maximum absolute atomic E-state index is 11.8. The van der Waals surface area contributed by atoms with Crippen molar-refractivity contribution < 1.29 is 9.53 Å². The molecule has 6 nitrogen and oxygen atoms in total. The first kappa shape index (κ1) is 17.9. The summed E-state index contributed by atoms with van der Waals surface area (Å²) in [5, 5.41) is 14.3. The van der Waals surface area contributed by atoms with Crippen LogP contribution >= 0.6 is 11.8 Å². The molecule has 118 valence electrons. The molecule has 0 heterocycles. The summed E-state index contributed by atoms with van der Waals surface area (Å²) in [6.07, 6.45) is 3.17. The van der Waals surface area contributed by atoms with E-state index in [1.54, 1.807) is 12.1 Å². The Morgan fingerprint density at radius 1 is 1.41 bits per heavy atom. The first-order chi connectivity index (χ1) is 10.2. The predicted molar refractivity (Wildman–Crippen MR) is 90.4 cm³/mol. The fourth-order valence-electron chi connectivity index (χ4n) is 1.56. The lowest BCUT2D eigenvalue weighted by Crippen LogP contribution is -2.27. The van der Waals surface area contributed by atoms with Gasteiger partial charge in [0, 0.05) is 5.69 Å². The van der Waals surface area contributed by atoms with Gasteiger partial charge in [-0.2, -0.15) is 5.26 Å². The minimum Gasteiger partial charge on any atom is -0.444 e. The second kappa shape index (κ2) is 7.71. The van der Waals surface area contributed by atoms with Gasteiger partial charge in [-0.25, -0.2) is 9.79 Å². The zero-order valence-electron chi connectivity index (χ0n) is 13.4. The highest BCUT2D eigenvalue weighted by Gasteiger charge is 2.16. The van der Waals surface area contributed by atoms with Gasteiger partial charge < -0.3 is 4.74 Å². The van der Waals surface area contributed by atoms with Gasteiger partial charge >= 0.3 is 6.09 Å². The van der Waals surface area contributed by atoms with Crippen LogP contribution in [0.15, 0.2) is 23.2 Å². The number of benzene rings is 1. The number of aryl methyl sites for hydroxylation is 1. The van der Waals surface area contributed by atoms with Crippen LogP contribution in [0.1, 0.15) is 26.3 Å². The standard InChI is InChI=1S/C15H20N4O2S/c1-10-8-11(18-13(22-5)17-9-16)6-7-12(10)19-14(20)21-15(2,3)4/h6-8H,1-5H3,(H,17,18)(H,19,20). The van der Waals surface area contributed by atoms with E-state index in [0.717, 1.165) is 5.56 Å². The van der Waals surface area contributed by atoms with Gasteiger partial charge in [-0.05, 0) is 57.7 Å². The van der Waals surface area contributed by atoms with Gasteiger partial charge in [0.2, 0.25) is 0 Å². The van der Waals surface area contributed by atoms with Crippen LogP contribution in [0.3, 0.4) is 0 Å². The normalized spacial score (nSPS) is 11.5. The molecule has 0 bridgehead atoms. The Hall–Kier alpha value is -2.20. The number of anilines is 1. The fraction of sp³-hybridized carbons (Fsp3) is 0.400. The molecule has 22 heavy (non-hydrogen) atoms. The van der Waals surface area contributed by atoms with Crippen molar-refractivity contribution in [2.45, 2.75) is 33.3 Å². The van der Waals surface area contributed by atoms with Gasteiger partial charge in [0.1, 0.15) is 5.60 Å². The van der Waals surface area contributed by atoms with Gasteiger partial charge in [-0.3, -0.25) is 10.6 Å². The first-order valence-electron chi connectivity index (χ1n) is 6.63. The molecule has 0 aliphatic rings. The van der Waals surface area contributed by atoms with Crippen molar-refractivity contribution in [1.82, 2.24) is 5.32 Å². The van der Waals surface area contributed by atoms with E-state index in [2.05, 4.69) is 15.6 Å². The van der Waals surface area contributed by atoms with Crippen LogP contribution in [0, 0.1) is 18.4 Å². The topological polar surface area (TPSA) is 86.5 Å². The minimum absolute atomic E-state index is 0.497. The summed E-state index contributed by atoms with van der Waals surface area (Å²) in [4.78, 5) is 16.1. The molecule has 0 aliphatic heterocycles. The number of ether oxygens (including phenoxy) is 1. The van der Waals surface area contributed by atoms with Crippen LogP contribution < -0.4 is 10.6 Å². The highest BCUT2D eigenvalue weighted by Crippen LogP contribution is 2.23. The second-order valence-electron chi connectivity index (χ2n) is 5.48. The van der Waals surface area contributed by atoms with Crippen molar-refractivity contribution in [3.8, 4) is 6.19 Å². The molecule has 0 aliphatic carbocycles. The number of carbonyl (C=O) groups is 1. The Kier molecular flexibility index (Phi) is 6.25. The van der Waals surface area contributed by atoms with Crippen molar-refractivity contribution in [1.29, 1.82) is 5.26 Å². The Balaban J connectivity index is 2.86. The summed E-state index contributed by atoms with van der Waals surface area (Å²) in [6, 6.07) is 5.33. The highest BCUT2D eigenvalue weighted by molar-refractivity contribution is 8.13. The van der Waals surface area contributed by atoms with E-state index < -0.39 is 11.7 Å². The molecule has 1 aromatic rings. The molecule has 0 saturated carbocycles. The van der Waals surface area contributed by atoms with E-state index in [1.807, 2.05) is 46.2 Å². The summed E-state index contributed by atoms with van der Waals surface area (Å²) < 4.78 is 5.21. The lowest BCUT2D eigenvalue weighted by molar-refractivity contribution is 0.0636. The molecule has 0 unspecified atom stereocenters. The smallest absolute Gasteiger partial charge is 0.412 e. The lowest BCUT2D eigenvalue weighted by atomic mass is 10.2. The van der Waals surface area contributed by atoms with Crippen LogP contribution in [-0.2, 0) is 4.74 Å². The number of nitrogens with one attached hydrogen (secondary N) is 2. The molecule has 2 N–H and O–H groups in total. The molecule has 0 saturated heterocycles. The van der Waals surface area contributed by atoms with Crippen LogP contribution in [0.25, 0.3) is 0 Å². The highest BCUT2D eigenvalue weighted by atomic mass is 32.2. The van der Waals surface area contributed by atoms with E-state index in [9.17, 15) is 4.79 Å². The third kappa shape index (κ3) is 6.06. The Labute approximate surface area is 135 Å². The van der Waals surface area contributed by atoms with Crippen molar-refractivity contribution in [3.05, 3.63) is 23.8 Å². The maximum atomic E-state index is 11.8. The maximum Gasteiger partial charge on any atom is 0.412 e. The Morgan fingerprint density at radius 3 is 2.59 bits per heavy atom. The lowest BCUT2D eigenvalue weighted by Gasteiger charge is -2.20. The number of thioether (sulfide) groups is 1. The van der Waals surface area contributed by atoms with E-state index in [4.69, 9.17) is 10.00 Å². The molecule has 1 rings (SSSR count). The predicted octanol–water partition coefficient (Wildman–Crippen LogP) is 3.76. The largest absolute Gasteiger partial charge is 0.444 e. The van der Waals surface area contributed by atoms with Crippen molar-refractivity contribution in [2.24, 2.45) is 4.99 Å². The molecule has 0 fully saturated rings. The van der Waals surface area contributed by atoms with Crippen molar-refractivity contribution >= 4 is 34.4 Å². The summed E-state index contributed by atoms with van der Waals surface area (Å²) in [6.45, 7) is 7.29. The van der Waals surface area contributed by atoms with Gasteiger partial charge in [0.05, 0.1) is 5.69 Å². The van der Waals surface area contributed by atoms with Gasteiger partial charge in [0.25, 0.3) is 0 Å². The van der Waals surface area contributed by atoms with E-state index in [-0.39, 0.29) is 0 Å². The van der Waals surface area contributed by atoms with Gasteiger partial charge in [-0.15, -0.1) is 0 Å². The average molecular weight is 320 g/mol. The molecular weight excluding hydrogens is 300 g/mol. The van der Waals surface area contributed by atoms with Crippen LogP contribution in [0.2, 0.25) is 0 Å². The molecule has 1 aromatic carbocycles. The molecule has 0 aromatic heterocycles. The number of amides is 1. The summed E-state index contributed by atoms with van der Waals surface area (Å²) in [5.74, 6) is 0. The zero-order chi connectivity index (χ0) is 16.8. The molecule has 0 radical (unpaired) electrons. The van der Waals surface area contributed by atoms with Gasteiger partial charge in [-0.1, -0.05) is 11.8 Å². The van der Waals surface area contributed by atoms with E-state index in [1.165, 1.54) is 11.8 Å². The summed E-state index contributed by atoms with van der Waals surface area (Å²) in [5.41, 5.74) is 1.66. The molecule has 0 atom stereocenters. The number of hydrogen-bond donors (Lipinski definition) is 2. The van der Waals surface area contributed by atoms with Crippen molar-refractivity contribution in [3.63, 3.8) is 0 Å². The zero-order valence-corrected chi connectivity index (χ0v) is 14.2. The Bertz CT molecular complexity index is 615. The first-order valence-corrected chi connectivity index (χ1v) is 7.86. The number of nitriles is 1. The molecule has 1 amide bonds. The number of amidine groups is 1. The van der Waals surface area contributed by atoms with Gasteiger partial charge in [0.15, 0.2) is 11.4 Å². The summed E-state index contributed by atoms with van der Waals surface area (Å²) >= 11 is 1.34. The third-order valence-electron chi connectivity index (χ3n) is 2.43. The number of rotatable bonds is 2. The minimum atomic E-state index is -0.543. The van der Waals surface area contributed by atoms with Crippen LogP contribution in [0.4, 0.5) is 16.2 Å².